The summed E-state index contributed by atoms with van der Waals surface area (Å²) in [6.07, 6.45) is 1.64. The van der Waals surface area contributed by atoms with E-state index in [1.165, 1.54) is 23.5 Å². The molecular formula is C16H13ClFNOS. The summed E-state index contributed by atoms with van der Waals surface area (Å²) in [5.74, 6) is 0.577. The van der Waals surface area contributed by atoms with E-state index in [0.29, 0.717) is 6.54 Å². The molecule has 0 saturated heterocycles. The molecule has 0 amide bonds. The molecule has 0 fully saturated rings. The van der Waals surface area contributed by atoms with E-state index in [1.807, 2.05) is 30.3 Å². The van der Waals surface area contributed by atoms with Crippen LogP contribution in [0.1, 0.15) is 22.2 Å². The SMILES string of the molecule is Fc1cccc(CNC(c2ccco2)c2ccc(Cl)s2)c1. The van der Waals surface area contributed by atoms with Gasteiger partial charge in [-0.2, -0.15) is 0 Å². The second-order valence-corrected chi connectivity index (χ2v) is 6.35. The number of benzene rings is 1. The van der Waals surface area contributed by atoms with Gasteiger partial charge in [0.25, 0.3) is 0 Å². The summed E-state index contributed by atoms with van der Waals surface area (Å²) in [7, 11) is 0. The fraction of sp³-hybridized carbons (Fsp3) is 0.125. The Labute approximate surface area is 131 Å². The third-order valence-electron chi connectivity index (χ3n) is 3.11. The molecule has 0 spiro atoms. The van der Waals surface area contributed by atoms with Crippen LogP contribution in [-0.2, 0) is 6.54 Å². The zero-order valence-electron chi connectivity index (χ0n) is 11.1. The maximum Gasteiger partial charge on any atom is 0.126 e. The molecule has 21 heavy (non-hydrogen) atoms. The lowest BCUT2D eigenvalue weighted by molar-refractivity contribution is 0.449. The zero-order valence-corrected chi connectivity index (χ0v) is 12.6. The van der Waals surface area contributed by atoms with Crippen molar-refractivity contribution in [3.8, 4) is 0 Å². The standard InChI is InChI=1S/C16H13ClFNOS/c17-15-7-6-14(21-15)16(13-5-2-8-20-13)19-10-11-3-1-4-12(18)9-11/h1-9,16,19H,10H2. The fourth-order valence-electron chi connectivity index (χ4n) is 2.15. The number of nitrogens with one attached hydrogen (secondary N) is 1. The van der Waals surface area contributed by atoms with Crippen LogP contribution in [0, 0.1) is 5.82 Å². The van der Waals surface area contributed by atoms with Gasteiger partial charge in [-0.05, 0) is 42.0 Å². The average molecular weight is 322 g/mol. The van der Waals surface area contributed by atoms with E-state index in [0.717, 1.165) is 20.5 Å². The van der Waals surface area contributed by atoms with E-state index < -0.39 is 0 Å². The Bertz CT molecular complexity index is 711. The van der Waals surface area contributed by atoms with Gasteiger partial charge in [-0.25, -0.2) is 4.39 Å². The molecule has 108 valence electrons. The third kappa shape index (κ3) is 3.53. The van der Waals surface area contributed by atoms with Crippen LogP contribution in [-0.4, -0.2) is 0 Å². The van der Waals surface area contributed by atoms with Gasteiger partial charge in [0.05, 0.1) is 10.6 Å². The first-order valence-electron chi connectivity index (χ1n) is 6.49. The Kier molecular flexibility index (Phi) is 4.39. The molecule has 2 aromatic heterocycles. The predicted molar refractivity (Wildman–Crippen MR) is 83.1 cm³/mol. The van der Waals surface area contributed by atoms with Gasteiger partial charge < -0.3 is 4.42 Å². The molecule has 0 aliphatic carbocycles. The van der Waals surface area contributed by atoms with E-state index in [1.54, 1.807) is 12.3 Å². The molecule has 1 N–H and O–H groups in total. The number of thiophene rings is 1. The van der Waals surface area contributed by atoms with Crippen molar-refractivity contribution < 1.29 is 8.81 Å². The van der Waals surface area contributed by atoms with Crippen LogP contribution in [0.25, 0.3) is 0 Å². The minimum absolute atomic E-state index is 0.0965. The van der Waals surface area contributed by atoms with Crippen LogP contribution in [0.5, 0.6) is 0 Å². The molecule has 0 aliphatic heterocycles. The van der Waals surface area contributed by atoms with Crippen molar-refractivity contribution in [1.82, 2.24) is 5.32 Å². The molecule has 1 atom stereocenters. The van der Waals surface area contributed by atoms with Crippen LogP contribution in [0.3, 0.4) is 0 Å². The minimum atomic E-state index is -0.233. The van der Waals surface area contributed by atoms with Gasteiger partial charge in [-0.1, -0.05) is 23.7 Å². The average Bonchev–Trinajstić information content (AvgIpc) is 3.12. The predicted octanol–water partition coefficient (Wildman–Crippen LogP) is 5.01. The lowest BCUT2D eigenvalue weighted by Gasteiger charge is -2.15. The van der Waals surface area contributed by atoms with Gasteiger partial charge in [0.1, 0.15) is 17.6 Å². The molecule has 0 radical (unpaired) electrons. The largest absolute Gasteiger partial charge is 0.467 e. The van der Waals surface area contributed by atoms with Crippen LogP contribution in [0.15, 0.2) is 59.2 Å². The molecule has 2 heterocycles. The Morgan fingerprint density at radius 2 is 2.10 bits per heavy atom. The maximum absolute atomic E-state index is 13.2. The van der Waals surface area contributed by atoms with Gasteiger partial charge in [0.15, 0.2) is 0 Å². The Morgan fingerprint density at radius 1 is 1.19 bits per heavy atom. The highest BCUT2D eigenvalue weighted by Gasteiger charge is 2.18. The molecule has 0 bridgehead atoms. The van der Waals surface area contributed by atoms with Gasteiger partial charge in [0.2, 0.25) is 0 Å². The number of hydrogen-bond donors (Lipinski definition) is 1. The Hall–Kier alpha value is -1.62. The van der Waals surface area contributed by atoms with E-state index in [2.05, 4.69) is 5.32 Å². The molecule has 0 aliphatic rings. The second kappa shape index (κ2) is 6.43. The van der Waals surface area contributed by atoms with Crippen LogP contribution in [0.2, 0.25) is 4.34 Å². The summed E-state index contributed by atoms with van der Waals surface area (Å²) in [4.78, 5) is 1.06. The normalized spacial score (nSPS) is 12.5. The lowest BCUT2D eigenvalue weighted by Crippen LogP contribution is -2.20. The molecule has 3 aromatic rings. The summed E-state index contributed by atoms with van der Waals surface area (Å²) in [6.45, 7) is 0.540. The molecule has 5 heteroatoms. The Morgan fingerprint density at radius 3 is 2.76 bits per heavy atom. The maximum atomic E-state index is 13.2. The van der Waals surface area contributed by atoms with Crippen LogP contribution in [0.4, 0.5) is 4.39 Å². The van der Waals surface area contributed by atoms with E-state index >= 15 is 0 Å². The van der Waals surface area contributed by atoms with Crippen molar-refractivity contribution in [1.29, 1.82) is 0 Å². The first-order valence-corrected chi connectivity index (χ1v) is 7.68. The van der Waals surface area contributed by atoms with Crippen molar-refractivity contribution in [2.24, 2.45) is 0 Å². The highest BCUT2D eigenvalue weighted by Crippen LogP contribution is 2.31. The topological polar surface area (TPSA) is 25.2 Å². The highest BCUT2D eigenvalue weighted by atomic mass is 35.5. The van der Waals surface area contributed by atoms with E-state index in [4.69, 9.17) is 16.0 Å². The van der Waals surface area contributed by atoms with Crippen molar-refractivity contribution in [3.05, 3.63) is 81.1 Å². The molecular weight excluding hydrogens is 309 g/mol. The number of rotatable bonds is 5. The quantitative estimate of drug-likeness (QED) is 0.714. The molecule has 0 saturated carbocycles. The van der Waals surface area contributed by atoms with Crippen molar-refractivity contribution in [2.75, 3.05) is 0 Å². The summed E-state index contributed by atoms with van der Waals surface area (Å²) >= 11 is 7.52. The molecule has 1 unspecified atom stereocenters. The first-order chi connectivity index (χ1) is 10.2. The Balaban J connectivity index is 1.80. The molecule has 2 nitrogen and oxygen atoms in total. The van der Waals surface area contributed by atoms with Crippen LogP contribution >= 0.6 is 22.9 Å². The lowest BCUT2D eigenvalue weighted by atomic mass is 10.1. The van der Waals surface area contributed by atoms with Gasteiger partial charge in [-0.3, -0.25) is 5.32 Å². The van der Waals surface area contributed by atoms with E-state index in [9.17, 15) is 4.39 Å². The first kappa shape index (κ1) is 14.3. The number of halogens is 2. The zero-order chi connectivity index (χ0) is 14.7. The summed E-state index contributed by atoms with van der Waals surface area (Å²) in [6, 6.07) is 14.0. The van der Waals surface area contributed by atoms with E-state index in [-0.39, 0.29) is 11.9 Å². The third-order valence-corrected chi connectivity index (χ3v) is 4.40. The van der Waals surface area contributed by atoms with Gasteiger partial charge >= 0.3 is 0 Å². The van der Waals surface area contributed by atoms with Gasteiger partial charge in [-0.15, -0.1) is 11.3 Å². The summed E-state index contributed by atoms with van der Waals surface area (Å²) in [5.41, 5.74) is 0.884. The number of furan rings is 1. The molecule has 3 rings (SSSR count). The summed E-state index contributed by atoms with van der Waals surface area (Å²) in [5, 5.41) is 3.39. The smallest absolute Gasteiger partial charge is 0.126 e. The second-order valence-electron chi connectivity index (χ2n) is 4.60. The fourth-order valence-corrected chi connectivity index (χ4v) is 3.29. The van der Waals surface area contributed by atoms with Gasteiger partial charge in [0, 0.05) is 11.4 Å². The van der Waals surface area contributed by atoms with Crippen molar-refractivity contribution in [2.45, 2.75) is 12.6 Å². The van der Waals surface area contributed by atoms with Crippen molar-refractivity contribution in [3.63, 3.8) is 0 Å². The minimum Gasteiger partial charge on any atom is -0.467 e. The number of hydrogen-bond acceptors (Lipinski definition) is 3. The molecule has 1 aromatic carbocycles. The highest BCUT2D eigenvalue weighted by molar-refractivity contribution is 7.16. The van der Waals surface area contributed by atoms with Crippen LogP contribution < -0.4 is 5.32 Å². The summed E-state index contributed by atoms with van der Waals surface area (Å²) < 4.78 is 19.5. The van der Waals surface area contributed by atoms with Crippen molar-refractivity contribution >= 4 is 22.9 Å². The monoisotopic (exact) mass is 321 g/mol.